The molecule has 6 heteroatoms. The van der Waals surface area contributed by atoms with Gasteiger partial charge < -0.3 is 14.8 Å². The molecule has 0 spiro atoms. The van der Waals surface area contributed by atoms with E-state index in [4.69, 9.17) is 21.7 Å². The second kappa shape index (κ2) is 5.55. The number of carbonyl (C=O) groups is 1. The van der Waals surface area contributed by atoms with Crippen LogP contribution in [0.4, 0.5) is 0 Å². The first-order valence-electron chi connectivity index (χ1n) is 5.74. The fourth-order valence-corrected chi connectivity index (χ4v) is 2.11. The molecule has 0 amide bonds. The third kappa shape index (κ3) is 3.23. The minimum atomic E-state index is -0.316. The predicted octanol–water partition coefficient (Wildman–Crippen LogP) is 0.531. The van der Waals surface area contributed by atoms with E-state index in [0.717, 1.165) is 18.7 Å². The van der Waals surface area contributed by atoms with E-state index in [-0.39, 0.29) is 11.9 Å². The number of rotatable bonds is 3. The fourth-order valence-electron chi connectivity index (χ4n) is 1.88. The van der Waals surface area contributed by atoms with Gasteiger partial charge in [0, 0.05) is 24.8 Å². The van der Waals surface area contributed by atoms with Gasteiger partial charge >= 0.3 is 5.97 Å². The van der Waals surface area contributed by atoms with Crippen molar-refractivity contribution >= 4 is 29.0 Å². The number of carbonyl (C=O) groups excluding carboxylic acids is 1. The molecule has 0 aromatic heterocycles. The Hall–Kier alpha value is -1.01. The van der Waals surface area contributed by atoms with Crippen molar-refractivity contribution < 1.29 is 14.3 Å². The normalized spacial score (nSPS) is 28.5. The quantitative estimate of drug-likeness (QED) is 0.589. The van der Waals surface area contributed by atoms with Crippen molar-refractivity contribution in [2.45, 2.75) is 13.3 Å². The molecule has 2 heterocycles. The van der Waals surface area contributed by atoms with Gasteiger partial charge in [-0.3, -0.25) is 4.79 Å². The maximum absolute atomic E-state index is 11.8. The number of aliphatic imine (C=N–C) groups is 1. The van der Waals surface area contributed by atoms with Gasteiger partial charge in [0.1, 0.15) is 5.92 Å². The molecule has 5 nitrogen and oxygen atoms in total. The van der Waals surface area contributed by atoms with E-state index in [2.05, 4.69) is 10.3 Å². The molecular formula is C11H16N2O3S. The van der Waals surface area contributed by atoms with E-state index in [1.54, 1.807) is 6.92 Å². The van der Waals surface area contributed by atoms with Crippen molar-refractivity contribution in [1.82, 2.24) is 5.32 Å². The summed E-state index contributed by atoms with van der Waals surface area (Å²) in [5.41, 5.74) is 0.724. The van der Waals surface area contributed by atoms with Crippen molar-refractivity contribution in [2.75, 3.05) is 26.4 Å². The lowest BCUT2D eigenvalue weighted by Crippen LogP contribution is -2.41. The fraction of sp³-hybridized carbons (Fsp3) is 0.727. The van der Waals surface area contributed by atoms with E-state index in [9.17, 15) is 4.79 Å². The summed E-state index contributed by atoms with van der Waals surface area (Å²) in [5.74, 6) is -0.203. The van der Waals surface area contributed by atoms with Gasteiger partial charge in [-0.15, -0.1) is 0 Å². The summed E-state index contributed by atoms with van der Waals surface area (Å²) in [6.45, 7) is 4.17. The third-order valence-electron chi connectivity index (χ3n) is 3.01. The maximum atomic E-state index is 11.8. The molecular weight excluding hydrogens is 240 g/mol. The van der Waals surface area contributed by atoms with Crippen LogP contribution in [0.25, 0.3) is 0 Å². The minimum Gasteiger partial charge on any atom is -0.465 e. The Morgan fingerprint density at radius 2 is 2.53 bits per heavy atom. The highest BCUT2D eigenvalue weighted by atomic mass is 32.1. The molecule has 0 aliphatic carbocycles. The number of ether oxygens (including phenoxy) is 2. The topological polar surface area (TPSA) is 59.9 Å². The second-order valence-corrected chi connectivity index (χ2v) is 4.74. The lowest BCUT2D eigenvalue weighted by atomic mass is 10.0. The SMILES string of the molecule is CC1=NC(=S)NCC1C(=O)OCC1CCOC1. The van der Waals surface area contributed by atoms with Crippen molar-refractivity contribution in [3.05, 3.63) is 0 Å². The van der Waals surface area contributed by atoms with Gasteiger partial charge in [-0.05, 0) is 25.6 Å². The molecule has 2 aliphatic rings. The van der Waals surface area contributed by atoms with E-state index in [1.165, 1.54) is 0 Å². The summed E-state index contributed by atoms with van der Waals surface area (Å²) in [6, 6.07) is 0. The maximum Gasteiger partial charge on any atom is 0.316 e. The van der Waals surface area contributed by atoms with Gasteiger partial charge in [-0.25, -0.2) is 4.99 Å². The second-order valence-electron chi connectivity index (χ2n) is 4.35. The molecule has 94 valence electrons. The molecule has 0 bridgehead atoms. The summed E-state index contributed by atoms with van der Waals surface area (Å²) < 4.78 is 10.5. The lowest BCUT2D eigenvalue weighted by Gasteiger charge is -2.21. The van der Waals surface area contributed by atoms with Crippen LogP contribution in [0, 0.1) is 11.8 Å². The molecule has 17 heavy (non-hydrogen) atoms. The minimum absolute atomic E-state index is 0.229. The predicted molar refractivity (Wildman–Crippen MR) is 67.1 cm³/mol. The first-order chi connectivity index (χ1) is 8.16. The van der Waals surface area contributed by atoms with Crippen molar-refractivity contribution in [3.8, 4) is 0 Å². The van der Waals surface area contributed by atoms with Crippen LogP contribution in [0.15, 0.2) is 4.99 Å². The summed E-state index contributed by atoms with van der Waals surface area (Å²) >= 11 is 4.91. The van der Waals surface area contributed by atoms with Crippen molar-refractivity contribution in [2.24, 2.45) is 16.8 Å². The highest BCUT2D eigenvalue weighted by Gasteiger charge is 2.28. The number of nitrogens with one attached hydrogen (secondary N) is 1. The monoisotopic (exact) mass is 256 g/mol. The van der Waals surface area contributed by atoms with E-state index in [0.29, 0.717) is 30.8 Å². The molecule has 1 N–H and O–H groups in total. The van der Waals surface area contributed by atoms with Crippen LogP contribution in [0.1, 0.15) is 13.3 Å². The van der Waals surface area contributed by atoms with E-state index < -0.39 is 0 Å². The van der Waals surface area contributed by atoms with Gasteiger partial charge in [0.25, 0.3) is 0 Å². The van der Waals surface area contributed by atoms with Crippen LogP contribution in [-0.2, 0) is 14.3 Å². The average molecular weight is 256 g/mol. The molecule has 2 atom stereocenters. The first kappa shape index (κ1) is 12.4. The molecule has 2 aliphatic heterocycles. The summed E-state index contributed by atoms with van der Waals surface area (Å²) in [6.07, 6.45) is 0.966. The molecule has 1 fully saturated rings. The zero-order valence-corrected chi connectivity index (χ0v) is 10.6. The van der Waals surface area contributed by atoms with Crippen LogP contribution >= 0.6 is 12.2 Å². The molecule has 0 radical (unpaired) electrons. The number of hydrogen-bond acceptors (Lipinski definition) is 4. The van der Waals surface area contributed by atoms with Gasteiger partial charge in [0.15, 0.2) is 5.11 Å². The number of thiocarbonyl (C=S) groups is 1. The van der Waals surface area contributed by atoms with E-state index in [1.807, 2.05) is 0 Å². The standard InChI is InChI=1S/C11H16N2O3S/c1-7-9(4-12-11(17)13-7)10(14)16-6-8-2-3-15-5-8/h8-9H,2-6H2,1H3,(H,12,17). The summed E-state index contributed by atoms with van der Waals surface area (Å²) in [4.78, 5) is 15.9. The average Bonchev–Trinajstić information content (AvgIpc) is 2.78. The molecule has 2 unspecified atom stereocenters. The first-order valence-corrected chi connectivity index (χ1v) is 6.15. The summed E-state index contributed by atoms with van der Waals surface area (Å²) in [5, 5.41) is 3.33. The molecule has 1 saturated heterocycles. The number of hydrogen-bond donors (Lipinski definition) is 1. The molecule has 2 rings (SSSR count). The Kier molecular flexibility index (Phi) is 4.06. The van der Waals surface area contributed by atoms with Crippen LogP contribution in [0.3, 0.4) is 0 Å². The van der Waals surface area contributed by atoms with Gasteiger partial charge in [-0.1, -0.05) is 0 Å². The summed E-state index contributed by atoms with van der Waals surface area (Å²) in [7, 11) is 0. The Morgan fingerprint density at radius 3 is 3.18 bits per heavy atom. The largest absolute Gasteiger partial charge is 0.465 e. The highest BCUT2D eigenvalue weighted by molar-refractivity contribution is 7.80. The molecule has 0 saturated carbocycles. The Bertz CT molecular complexity index is 351. The number of esters is 1. The van der Waals surface area contributed by atoms with Crippen LogP contribution < -0.4 is 5.32 Å². The van der Waals surface area contributed by atoms with Crippen LogP contribution in [0.2, 0.25) is 0 Å². The Balaban J connectivity index is 1.83. The Labute approximate surface area is 106 Å². The lowest BCUT2D eigenvalue weighted by molar-refractivity contribution is -0.147. The van der Waals surface area contributed by atoms with Gasteiger partial charge in [0.05, 0.1) is 13.2 Å². The van der Waals surface area contributed by atoms with Crippen LogP contribution in [0.5, 0.6) is 0 Å². The van der Waals surface area contributed by atoms with E-state index >= 15 is 0 Å². The molecule has 0 aromatic carbocycles. The highest BCUT2D eigenvalue weighted by Crippen LogP contribution is 2.14. The Morgan fingerprint density at radius 1 is 1.71 bits per heavy atom. The zero-order chi connectivity index (χ0) is 12.3. The zero-order valence-electron chi connectivity index (χ0n) is 9.77. The molecule has 0 aromatic rings. The van der Waals surface area contributed by atoms with Gasteiger partial charge in [-0.2, -0.15) is 0 Å². The van der Waals surface area contributed by atoms with Gasteiger partial charge in [0.2, 0.25) is 0 Å². The van der Waals surface area contributed by atoms with Crippen molar-refractivity contribution in [1.29, 1.82) is 0 Å². The van der Waals surface area contributed by atoms with Crippen LogP contribution in [-0.4, -0.2) is 43.2 Å². The van der Waals surface area contributed by atoms with Crippen molar-refractivity contribution in [3.63, 3.8) is 0 Å². The third-order valence-corrected chi connectivity index (χ3v) is 3.25. The smallest absolute Gasteiger partial charge is 0.316 e. The number of nitrogens with zero attached hydrogens (tertiary/aromatic N) is 1.